The van der Waals surface area contributed by atoms with Crippen LogP contribution in [0.3, 0.4) is 0 Å². The van der Waals surface area contributed by atoms with E-state index >= 15 is 0 Å². The number of benzene rings is 3. The number of nitrogens with one attached hydrogen (secondary N) is 9. The molecule has 6 amide bonds. The first-order valence-electron chi connectivity index (χ1n) is 39.5. The van der Waals surface area contributed by atoms with Crippen molar-refractivity contribution in [2.75, 3.05) is 41.0 Å². The number of hydrogen-bond donors (Lipinski definition) is 11. The molecule has 0 saturated carbocycles. The molecule has 0 radical (unpaired) electrons. The van der Waals surface area contributed by atoms with Gasteiger partial charge in [-0.15, -0.1) is 0 Å². The van der Waals surface area contributed by atoms with Crippen molar-refractivity contribution in [3.8, 4) is 35.5 Å². The van der Waals surface area contributed by atoms with Gasteiger partial charge in [0.1, 0.15) is 35.4 Å². The van der Waals surface area contributed by atoms with Crippen LogP contribution in [0.15, 0.2) is 60.7 Å². The van der Waals surface area contributed by atoms with Crippen LogP contribution in [-0.4, -0.2) is 166 Å². The van der Waals surface area contributed by atoms with E-state index in [9.17, 15) is 112 Å². The Hall–Kier alpha value is -10.9. The number of carboxylic acids is 1. The first-order valence-corrected chi connectivity index (χ1v) is 41.6. The normalized spacial score (nSPS) is 16.2. The number of nitrogens with zero attached hydrogens (tertiary/aromatic N) is 3. The molecule has 3 fully saturated rings. The minimum Gasteiger partial charge on any atom is -0.496 e. The predicted molar refractivity (Wildman–Crippen MR) is 437 cm³/mol. The number of carbonyl (C=O) groups is 10. The van der Waals surface area contributed by atoms with Crippen molar-refractivity contribution in [3.05, 3.63) is 88.9 Å². The number of fused-ring (bicyclic) bond motifs is 3. The van der Waals surface area contributed by atoms with E-state index in [4.69, 9.17) is 46.2 Å². The van der Waals surface area contributed by atoms with Crippen LogP contribution in [0.4, 0.5) is 52.7 Å². The van der Waals surface area contributed by atoms with Crippen molar-refractivity contribution < 1.29 is 166 Å². The zero-order valence-corrected chi connectivity index (χ0v) is 77.1. The standard InChI is InChI=1S/C25H29F3N4O4.C25H32N4O4.C24H30N4O4.C4H10O2.C2HF3O2.2CF3O2S.Zn/c1-13(2)9-15(24(35)31-16(12-29)10-14-7-8-30-23(14)34)11-18(33)22-21(25(26,27)28)20-17(32-22)5-4-6-19(20)36-3;1-14(2)9-17(25(32)28-18(13-26)10-16-7-8-27-24(16)31)11-21(30)20-12-19-22(33-4)6-5-15(3)23(19)29-20;1-14(2)9-16(24(31)27-17(13-25)10-15-7-8-26-23(15)30)11-21(29)20-12-18-19(28-20)5-4-6-22(18)32-3;1-4(2,3)6-5;3-2(4,5)1(6)7;2*2-1(3,4)7(5)6;/h4-6,13-16,32H,7-11H2,1-3H3,(H,30,34)(H,31,35);5-6,12,14,16-18,29H,7-11H2,1-4H3,(H,27,31)(H,28,32);4-6,12,14-17,28H,7-11H2,1-3H3,(H,26,30)(H,27,31);5H,1-3H3;(H,6,7);;;/q;;;;;2*-1;+2/t14-,15+,16-;16-,17+,18-;15-,16+,17-;;;;;/m000...../s1. The third-order valence-corrected chi connectivity index (χ3v) is 20.0. The second-order valence-corrected chi connectivity index (χ2v) is 33.6. The van der Waals surface area contributed by atoms with Crippen LogP contribution < -0.4 is 46.1 Å². The van der Waals surface area contributed by atoms with Crippen LogP contribution in [0.25, 0.3) is 32.7 Å². The number of rotatable bonds is 30. The number of aliphatic carboxylic acids is 1. The first kappa shape index (κ1) is 114. The Morgan fingerprint density at radius 3 is 1.14 bits per heavy atom. The van der Waals surface area contributed by atoms with Gasteiger partial charge in [0, 0.05) is 112 Å². The molecule has 0 unspecified atom stereocenters. The van der Waals surface area contributed by atoms with E-state index in [1.165, 1.54) is 25.3 Å². The van der Waals surface area contributed by atoms with Gasteiger partial charge in [-0.25, -0.2) is 9.68 Å². The van der Waals surface area contributed by atoms with Crippen molar-refractivity contribution in [2.45, 2.75) is 193 Å². The van der Waals surface area contributed by atoms with Crippen LogP contribution in [-0.2, 0) is 102 Å². The van der Waals surface area contributed by atoms with E-state index in [0.29, 0.717) is 74.6 Å². The summed E-state index contributed by atoms with van der Waals surface area (Å²) in [6, 6.07) is 20.8. The number of H-pyrrole nitrogens is 3. The summed E-state index contributed by atoms with van der Waals surface area (Å²) in [6.07, 6.45) is -6.56. The van der Waals surface area contributed by atoms with Gasteiger partial charge in [-0.3, -0.25) is 48.4 Å². The Morgan fingerprint density at radius 1 is 0.512 bits per heavy atom. The largest absolute Gasteiger partial charge is 2.00 e. The fourth-order valence-corrected chi connectivity index (χ4v) is 13.3. The monoisotopic (exact) mass is 1930 g/mol. The molecule has 708 valence electrons. The molecular formula is C82H102F12N12O20S2Zn. The van der Waals surface area contributed by atoms with E-state index in [1.807, 2.05) is 84.9 Å². The molecule has 3 aliphatic rings. The summed E-state index contributed by atoms with van der Waals surface area (Å²) in [4.78, 5) is 136. The molecule has 0 bridgehead atoms. The number of aromatic amines is 3. The summed E-state index contributed by atoms with van der Waals surface area (Å²) in [6.45, 7) is 20.6. The Morgan fingerprint density at radius 2 is 0.837 bits per heavy atom. The quantitative estimate of drug-likeness (QED) is 0.00498. The zero-order chi connectivity index (χ0) is 97.4. The fourth-order valence-electron chi connectivity index (χ4n) is 13.3. The van der Waals surface area contributed by atoms with Gasteiger partial charge >= 0.3 is 48.8 Å². The third kappa shape index (κ3) is 37.6. The van der Waals surface area contributed by atoms with E-state index in [2.05, 4.69) is 63.9 Å². The zero-order valence-electron chi connectivity index (χ0n) is 72.5. The van der Waals surface area contributed by atoms with Crippen molar-refractivity contribution in [2.24, 2.45) is 53.3 Å². The SMILES string of the molecule is CC(C)(C)OO.COc1ccc(C)c2[nH]c(C(=O)C[C@@H](CC(C)C)C(=O)N[C@H](C#N)C[C@@H]3CCNC3=O)cc12.COc1cccc2[nH]c(C(=O)C[C@@H](CC(C)C)C(=O)N[C@H](C#N)C[C@@H]3CCNC3=O)c(C(F)(F)F)c12.COc1cccc2[nH]c(C(=O)C[C@@H](CC(C)C)C(=O)N[C@H](C#N)C[C@@H]3CCNC3=O)cc12.O=C(O)C(F)(F)F.O=[S-](=O)C(F)(F)F.O=[S-](=O)C(F)(F)F.[Zn+2]. The summed E-state index contributed by atoms with van der Waals surface area (Å²) in [5.74, 6) is -6.96. The second-order valence-electron chi connectivity index (χ2n) is 31.8. The molecule has 32 nitrogen and oxygen atoms in total. The van der Waals surface area contributed by atoms with E-state index in [0.717, 1.165) is 27.4 Å². The minimum absolute atomic E-state index is 0. The Labute approximate surface area is 750 Å². The number of carbonyl (C=O) groups excluding carboxylic acids is 9. The Balaban J connectivity index is 0.000000568. The van der Waals surface area contributed by atoms with Crippen molar-refractivity contribution in [1.29, 1.82) is 15.8 Å². The average molecular weight is 1930 g/mol. The van der Waals surface area contributed by atoms with Gasteiger partial charge in [0.05, 0.1) is 84.2 Å². The number of amides is 6. The number of carboxylic acid groups (broad SMARTS) is 1. The number of hydrogen-bond acceptors (Lipinski definition) is 24. The fraction of sp³-hybridized carbons (Fsp3) is 0.549. The summed E-state index contributed by atoms with van der Waals surface area (Å²) < 4.78 is 189. The number of ether oxygens (including phenoxy) is 3. The van der Waals surface area contributed by atoms with Crippen molar-refractivity contribution in [1.82, 2.24) is 46.9 Å². The number of aromatic nitrogens is 3. The molecular weight excluding hydrogens is 1830 g/mol. The molecule has 3 aromatic heterocycles. The average Bonchev–Trinajstić information content (AvgIpc) is 1.60. The maximum atomic E-state index is 14.1. The van der Waals surface area contributed by atoms with Gasteiger partial charge in [0.15, 0.2) is 17.3 Å². The third-order valence-electron chi connectivity index (χ3n) is 19.2. The minimum atomic E-state index is -5.08. The maximum absolute atomic E-state index is 14.1. The van der Waals surface area contributed by atoms with Gasteiger partial charge in [-0.1, -0.05) is 59.7 Å². The molecule has 6 aromatic rings. The molecule has 6 heterocycles. The number of alkyl halides is 12. The van der Waals surface area contributed by atoms with Crippen molar-refractivity contribution in [3.63, 3.8) is 0 Å². The maximum Gasteiger partial charge on any atom is 2.00 e. The number of Topliss-reactive ketones (excluding diaryl/α,β-unsaturated/α-hetero) is 3. The first-order chi connectivity index (χ1) is 59.4. The molecule has 47 heteroatoms. The van der Waals surface area contributed by atoms with Gasteiger partial charge < -0.3 is 83.0 Å². The van der Waals surface area contributed by atoms with Crippen LogP contribution in [0.1, 0.15) is 182 Å². The summed E-state index contributed by atoms with van der Waals surface area (Å²) in [7, 11) is -3.46. The Kier molecular flexibility index (Phi) is 46.0. The summed E-state index contributed by atoms with van der Waals surface area (Å²) >= 11 is 0. The predicted octanol–water partition coefficient (Wildman–Crippen LogP) is 13.7. The molecule has 3 aliphatic heterocycles. The van der Waals surface area contributed by atoms with Crippen LogP contribution >= 0.6 is 0 Å². The topological polar surface area (TPSA) is 507 Å². The number of aryl methyl sites for hydroxylation is 1. The smallest absolute Gasteiger partial charge is 0.496 e. The summed E-state index contributed by atoms with van der Waals surface area (Å²) in [5.41, 5.74) is -8.78. The molecule has 129 heavy (non-hydrogen) atoms. The number of methoxy groups -OCH3 is 3. The summed E-state index contributed by atoms with van der Waals surface area (Å²) in [5, 5.41) is 61.2. The van der Waals surface area contributed by atoms with E-state index in [1.54, 1.807) is 47.1 Å². The Bertz CT molecular complexity index is 5090. The van der Waals surface area contributed by atoms with Gasteiger partial charge in [-0.2, -0.15) is 68.5 Å². The number of halogens is 12. The number of nitriles is 3. The molecule has 3 aromatic carbocycles. The van der Waals surface area contributed by atoms with Gasteiger partial charge in [0.2, 0.25) is 35.4 Å². The molecule has 11 N–H and O–H groups in total. The van der Waals surface area contributed by atoms with Crippen LogP contribution in [0.2, 0.25) is 0 Å². The molecule has 9 rings (SSSR count). The molecule has 0 aliphatic carbocycles. The molecule has 9 atom stereocenters. The second kappa shape index (κ2) is 52.0. The van der Waals surface area contributed by atoms with Gasteiger partial charge in [-0.05, 0) is 151 Å². The molecule has 0 spiro atoms. The van der Waals surface area contributed by atoms with Crippen LogP contribution in [0, 0.1) is 94.2 Å². The van der Waals surface area contributed by atoms with Crippen molar-refractivity contribution >= 4 is 113 Å². The van der Waals surface area contributed by atoms with Crippen LogP contribution in [0.5, 0.6) is 17.2 Å². The van der Waals surface area contributed by atoms with Gasteiger partial charge in [0.25, 0.3) is 0 Å². The molecule has 3 saturated heterocycles. The number of ketones is 3. The van der Waals surface area contributed by atoms with E-state index < -0.39 is 128 Å². The van der Waals surface area contributed by atoms with E-state index in [-0.39, 0.29) is 145 Å².